The van der Waals surface area contributed by atoms with Crippen LogP contribution >= 0.6 is 0 Å². The van der Waals surface area contributed by atoms with Crippen LogP contribution < -0.4 is 5.32 Å². The second kappa shape index (κ2) is 5.44. The van der Waals surface area contributed by atoms with E-state index in [1.165, 1.54) is 25.7 Å². The molecule has 1 aliphatic rings. The molecule has 0 spiro atoms. The summed E-state index contributed by atoms with van der Waals surface area (Å²) in [5.74, 6) is 0.952. The Balaban J connectivity index is 2.21. The van der Waals surface area contributed by atoms with Gasteiger partial charge in [0.1, 0.15) is 5.82 Å². The highest BCUT2D eigenvalue weighted by molar-refractivity contribution is 5.23. The van der Waals surface area contributed by atoms with E-state index >= 15 is 0 Å². The van der Waals surface area contributed by atoms with Crippen LogP contribution in [0.2, 0.25) is 0 Å². The zero-order valence-corrected chi connectivity index (χ0v) is 9.88. The number of likely N-dealkylation sites (N-methyl/N-ethyl adjacent to an activating group) is 1. The van der Waals surface area contributed by atoms with Crippen molar-refractivity contribution < 1.29 is 4.39 Å². The van der Waals surface area contributed by atoms with Crippen LogP contribution in [-0.2, 0) is 0 Å². The van der Waals surface area contributed by atoms with Gasteiger partial charge in [-0.2, -0.15) is 0 Å². The lowest BCUT2D eigenvalue weighted by atomic mass is 9.84. The fourth-order valence-corrected chi connectivity index (χ4v) is 2.89. The minimum Gasteiger partial charge on any atom is -0.319 e. The fourth-order valence-electron chi connectivity index (χ4n) is 2.89. The molecule has 1 aliphatic carbocycles. The first kappa shape index (κ1) is 11.6. The molecule has 1 unspecified atom stereocenters. The van der Waals surface area contributed by atoms with Crippen LogP contribution in [0, 0.1) is 11.7 Å². The van der Waals surface area contributed by atoms with Gasteiger partial charge in [0.2, 0.25) is 0 Å². The van der Waals surface area contributed by atoms with Gasteiger partial charge in [-0.3, -0.25) is 0 Å². The summed E-state index contributed by atoms with van der Waals surface area (Å²) >= 11 is 0. The Kier molecular flexibility index (Phi) is 3.94. The average Bonchev–Trinajstić information content (AvgIpc) is 2.80. The first-order valence-electron chi connectivity index (χ1n) is 6.22. The van der Waals surface area contributed by atoms with Crippen molar-refractivity contribution in [3.63, 3.8) is 0 Å². The van der Waals surface area contributed by atoms with Crippen LogP contribution in [-0.4, -0.2) is 13.6 Å². The van der Waals surface area contributed by atoms with E-state index in [1.54, 1.807) is 12.1 Å². The van der Waals surface area contributed by atoms with Gasteiger partial charge < -0.3 is 5.32 Å². The first-order valence-corrected chi connectivity index (χ1v) is 6.22. The Morgan fingerprint density at radius 2 is 2.00 bits per heavy atom. The van der Waals surface area contributed by atoms with Crippen LogP contribution in [0.4, 0.5) is 4.39 Å². The molecule has 88 valence electrons. The lowest BCUT2D eigenvalue weighted by Gasteiger charge is -2.24. The second-order valence-corrected chi connectivity index (χ2v) is 4.73. The van der Waals surface area contributed by atoms with Crippen molar-refractivity contribution in [3.8, 4) is 0 Å². The molecule has 0 bridgehead atoms. The molecule has 16 heavy (non-hydrogen) atoms. The molecule has 1 atom stereocenters. The van der Waals surface area contributed by atoms with Gasteiger partial charge >= 0.3 is 0 Å². The standard InChI is InChI=1S/C14H20FN/c1-16-10-13(11-6-2-3-7-11)12-8-4-5-9-14(12)15/h4-5,8-9,11,13,16H,2-3,6-7,10H2,1H3. The summed E-state index contributed by atoms with van der Waals surface area (Å²) in [6.45, 7) is 0.881. The maximum Gasteiger partial charge on any atom is 0.126 e. The lowest BCUT2D eigenvalue weighted by Crippen LogP contribution is -2.23. The van der Waals surface area contributed by atoms with Crippen LogP contribution in [0.5, 0.6) is 0 Å². The zero-order valence-electron chi connectivity index (χ0n) is 9.88. The quantitative estimate of drug-likeness (QED) is 0.822. The molecule has 2 heteroatoms. The topological polar surface area (TPSA) is 12.0 Å². The molecule has 1 nitrogen and oxygen atoms in total. The Bertz CT molecular complexity index is 331. The Hall–Kier alpha value is -0.890. The fraction of sp³-hybridized carbons (Fsp3) is 0.571. The summed E-state index contributed by atoms with van der Waals surface area (Å²) in [6, 6.07) is 7.22. The Morgan fingerprint density at radius 3 is 2.62 bits per heavy atom. The molecule has 0 aromatic heterocycles. The monoisotopic (exact) mass is 221 g/mol. The molecule has 1 aromatic rings. The third kappa shape index (κ3) is 2.43. The molecule has 1 N–H and O–H groups in total. The van der Waals surface area contributed by atoms with Gasteiger partial charge in [-0.1, -0.05) is 31.0 Å². The van der Waals surface area contributed by atoms with E-state index < -0.39 is 0 Å². The van der Waals surface area contributed by atoms with Gasteiger partial charge in [-0.05, 0) is 37.4 Å². The smallest absolute Gasteiger partial charge is 0.126 e. The lowest BCUT2D eigenvalue weighted by molar-refractivity contribution is 0.408. The maximum absolute atomic E-state index is 13.8. The van der Waals surface area contributed by atoms with Crippen molar-refractivity contribution >= 4 is 0 Å². The highest BCUT2D eigenvalue weighted by atomic mass is 19.1. The van der Waals surface area contributed by atoms with Crippen molar-refractivity contribution in [1.82, 2.24) is 5.32 Å². The highest BCUT2D eigenvalue weighted by Crippen LogP contribution is 2.37. The van der Waals surface area contributed by atoms with Crippen LogP contribution in [0.3, 0.4) is 0 Å². The predicted molar refractivity (Wildman–Crippen MR) is 65.0 cm³/mol. The molecule has 0 heterocycles. The Labute approximate surface area is 97.1 Å². The number of halogens is 1. The number of hydrogen-bond donors (Lipinski definition) is 1. The molecule has 1 fully saturated rings. The highest BCUT2D eigenvalue weighted by Gasteiger charge is 2.27. The molecule has 0 saturated heterocycles. The van der Waals surface area contributed by atoms with Crippen molar-refractivity contribution in [3.05, 3.63) is 35.6 Å². The third-order valence-electron chi connectivity index (χ3n) is 3.70. The molecular formula is C14H20FN. The normalized spacial score (nSPS) is 18.9. The molecular weight excluding hydrogens is 201 g/mol. The van der Waals surface area contributed by atoms with E-state index in [1.807, 2.05) is 19.2 Å². The molecule has 2 rings (SSSR count). The van der Waals surface area contributed by atoms with Crippen LogP contribution in [0.1, 0.15) is 37.2 Å². The summed E-state index contributed by atoms with van der Waals surface area (Å²) in [4.78, 5) is 0. The van der Waals surface area contributed by atoms with Crippen molar-refractivity contribution in [2.75, 3.05) is 13.6 Å². The maximum atomic E-state index is 13.8. The van der Waals surface area contributed by atoms with E-state index in [0.29, 0.717) is 11.8 Å². The summed E-state index contributed by atoms with van der Waals surface area (Å²) in [6.07, 6.45) is 5.11. The van der Waals surface area contributed by atoms with E-state index in [9.17, 15) is 4.39 Å². The van der Waals surface area contributed by atoms with Crippen molar-refractivity contribution in [1.29, 1.82) is 0 Å². The average molecular weight is 221 g/mol. The van der Waals surface area contributed by atoms with Gasteiger partial charge in [0, 0.05) is 12.5 Å². The molecule has 0 amide bonds. The number of rotatable bonds is 4. The van der Waals surface area contributed by atoms with E-state index in [4.69, 9.17) is 0 Å². The van der Waals surface area contributed by atoms with E-state index in [-0.39, 0.29) is 5.82 Å². The van der Waals surface area contributed by atoms with Gasteiger partial charge in [0.15, 0.2) is 0 Å². The molecule has 1 aromatic carbocycles. The molecule has 0 aliphatic heterocycles. The minimum atomic E-state index is -0.0466. The number of nitrogens with one attached hydrogen (secondary N) is 1. The zero-order chi connectivity index (χ0) is 11.4. The summed E-state index contributed by atoms with van der Waals surface area (Å²) in [7, 11) is 1.95. The number of hydrogen-bond acceptors (Lipinski definition) is 1. The van der Waals surface area contributed by atoms with Gasteiger partial charge in [-0.25, -0.2) is 4.39 Å². The Morgan fingerprint density at radius 1 is 1.31 bits per heavy atom. The van der Waals surface area contributed by atoms with Crippen molar-refractivity contribution in [2.24, 2.45) is 5.92 Å². The second-order valence-electron chi connectivity index (χ2n) is 4.73. The first-order chi connectivity index (χ1) is 7.83. The van der Waals surface area contributed by atoms with Gasteiger partial charge in [0.05, 0.1) is 0 Å². The third-order valence-corrected chi connectivity index (χ3v) is 3.70. The summed E-state index contributed by atoms with van der Waals surface area (Å²) in [5.41, 5.74) is 0.892. The predicted octanol–water partition coefficient (Wildman–Crippen LogP) is 3.32. The molecule has 1 saturated carbocycles. The van der Waals surface area contributed by atoms with Crippen molar-refractivity contribution in [2.45, 2.75) is 31.6 Å². The van der Waals surface area contributed by atoms with E-state index in [0.717, 1.165) is 12.1 Å². The summed E-state index contributed by atoms with van der Waals surface area (Å²) < 4.78 is 13.8. The number of benzene rings is 1. The molecule has 0 radical (unpaired) electrons. The SMILES string of the molecule is CNCC(c1ccccc1F)C1CCCC1. The van der Waals surface area contributed by atoms with Gasteiger partial charge in [-0.15, -0.1) is 0 Å². The van der Waals surface area contributed by atoms with E-state index in [2.05, 4.69) is 5.32 Å². The van der Waals surface area contributed by atoms with Crippen LogP contribution in [0.15, 0.2) is 24.3 Å². The minimum absolute atomic E-state index is 0.0466. The largest absolute Gasteiger partial charge is 0.319 e. The summed E-state index contributed by atoms with van der Waals surface area (Å²) in [5, 5.41) is 3.20. The van der Waals surface area contributed by atoms with Gasteiger partial charge in [0.25, 0.3) is 0 Å². The van der Waals surface area contributed by atoms with Crippen LogP contribution in [0.25, 0.3) is 0 Å².